The van der Waals surface area contributed by atoms with Crippen molar-refractivity contribution in [1.82, 2.24) is 10.2 Å². The van der Waals surface area contributed by atoms with E-state index in [1.54, 1.807) is 24.3 Å². The number of fused-ring (bicyclic) bond motifs is 2. The van der Waals surface area contributed by atoms with Gasteiger partial charge in [0.25, 0.3) is 23.6 Å². The van der Waals surface area contributed by atoms with Crippen molar-refractivity contribution in [2.75, 3.05) is 26.4 Å². The lowest BCUT2D eigenvalue weighted by molar-refractivity contribution is 0.0478. The van der Waals surface area contributed by atoms with Gasteiger partial charge in [0, 0.05) is 33.0 Å². The number of benzene rings is 5. The number of hydrogen-bond acceptors (Lipinski definition) is 6. The van der Waals surface area contributed by atoms with Crippen LogP contribution in [0, 0.1) is 0 Å². The molecule has 0 atom stereocenters. The third-order valence-electron chi connectivity index (χ3n) is 7.26. The minimum Gasteiger partial charge on any atom is -0.394 e. The van der Waals surface area contributed by atoms with Gasteiger partial charge in [-0.05, 0) is 56.6 Å². The second-order valence-electron chi connectivity index (χ2n) is 9.02. The molecule has 5 aromatic carbocycles. The van der Waals surface area contributed by atoms with E-state index in [1.165, 1.54) is 4.90 Å². The molecule has 2 heterocycles. The molecule has 0 bridgehead atoms. The highest BCUT2D eigenvalue weighted by molar-refractivity contribution is 6.41. The van der Waals surface area contributed by atoms with Crippen molar-refractivity contribution in [2.24, 2.45) is 0 Å². The van der Waals surface area contributed by atoms with Crippen LogP contribution in [0.4, 0.5) is 0 Å². The molecule has 36 heavy (non-hydrogen) atoms. The van der Waals surface area contributed by atoms with Crippen LogP contribution in [-0.2, 0) is 4.74 Å². The lowest BCUT2D eigenvalue weighted by atomic mass is 9.82. The van der Waals surface area contributed by atoms with Crippen LogP contribution in [0.25, 0.3) is 43.1 Å². The van der Waals surface area contributed by atoms with E-state index in [-0.39, 0.29) is 38.2 Å². The second kappa shape index (κ2) is 7.30. The highest BCUT2D eigenvalue weighted by atomic mass is 16.5. The van der Waals surface area contributed by atoms with Gasteiger partial charge in [0.1, 0.15) is 0 Å². The lowest BCUT2D eigenvalue weighted by Gasteiger charge is -2.28. The number of rotatable bonds is 5. The summed E-state index contributed by atoms with van der Waals surface area (Å²) in [5.41, 5.74) is 1.78. The van der Waals surface area contributed by atoms with E-state index in [9.17, 15) is 19.2 Å². The minimum absolute atomic E-state index is 0.0892. The molecule has 7 rings (SSSR count). The summed E-state index contributed by atoms with van der Waals surface area (Å²) in [6, 6.07) is 14.4. The highest BCUT2D eigenvalue weighted by Gasteiger charge is 2.34. The maximum absolute atomic E-state index is 13.4. The molecule has 4 amide bonds. The molecule has 0 saturated heterocycles. The molecular formula is C28H18N2O6. The number of nitrogens with zero attached hydrogens (tertiary/aromatic N) is 1. The predicted octanol–water partition coefficient (Wildman–Crippen LogP) is 3.23. The maximum atomic E-state index is 13.4. The van der Waals surface area contributed by atoms with Gasteiger partial charge in [-0.15, -0.1) is 0 Å². The van der Waals surface area contributed by atoms with Crippen LogP contribution in [0.15, 0.2) is 48.5 Å². The Bertz CT molecular complexity index is 1720. The molecule has 0 aromatic heterocycles. The van der Waals surface area contributed by atoms with Crippen molar-refractivity contribution in [3.63, 3.8) is 0 Å². The smallest absolute Gasteiger partial charge is 0.261 e. The van der Waals surface area contributed by atoms with Gasteiger partial charge in [-0.1, -0.05) is 24.3 Å². The summed E-state index contributed by atoms with van der Waals surface area (Å²) in [6.45, 7) is 0.229. The van der Waals surface area contributed by atoms with Crippen LogP contribution in [0.2, 0.25) is 0 Å². The highest BCUT2D eigenvalue weighted by Crippen LogP contribution is 2.45. The first-order valence-electron chi connectivity index (χ1n) is 11.6. The fourth-order valence-corrected chi connectivity index (χ4v) is 5.77. The van der Waals surface area contributed by atoms with Crippen molar-refractivity contribution in [3.05, 3.63) is 70.8 Å². The lowest BCUT2D eigenvalue weighted by Crippen LogP contribution is -2.42. The number of aliphatic hydroxyl groups excluding tert-OH is 1. The van der Waals surface area contributed by atoms with Gasteiger partial charge < -0.3 is 9.84 Å². The van der Waals surface area contributed by atoms with E-state index in [4.69, 9.17) is 9.84 Å². The van der Waals surface area contributed by atoms with Crippen LogP contribution in [-0.4, -0.2) is 60.0 Å². The van der Waals surface area contributed by atoms with Crippen LogP contribution in [0.3, 0.4) is 0 Å². The number of ether oxygens (including phenoxy) is 1. The molecule has 2 aliphatic rings. The van der Waals surface area contributed by atoms with Gasteiger partial charge in [-0.2, -0.15) is 0 Å². The number of carbonyl (C=O) groups is 4. The Morgan fingerprint density at radius 1 is 0.611 bits per heavy atom. The van der Waals surface area contributed by atoms with E-state index >= 15 is 0 Å². The van der Waals surface area contributed by atoms with Gasteiger partial charge in [-0.3, -0.25) is 29.4 Å². The number of hydrogen-bond donors (Lipinski definition) is 2. The summed E-state index contributed by atoms with van der Waals surface area (Å²) >= 11 is 0. The molecule has 2 N–H and O–H groups in total. The fraction of sp³-hybridized carbons (Fsp3) is 0.143. The molecular weight excluding hydrogens is 460 g/mol. The Morgan fingerprint density at radius 2 is 1.06 bits per heavy atom. The summed E-state index contributed by atoms with van der Waals surface area (Å²) in [6.07, 6.45) is 0. The fourth-order valence-electron chi connectivity index (χ4n) is 5.77. The molecule has 0 spiro atoms. The number of amides is 4. The van der Waals surface area contributed by atoms with E-state index in [0.29, 0.717) is 33.0 Å². The molecule has 0 fully saturated rings. The Morgan fingerprint density at radius 3 is 1.53 bits per heavy atom. The zero-order valence-electron chi connectivity index (χ0n) is 18.9. The molecule has 8 heteroatoms. The molecule has 2 aliphatic heterocycles. The van der Waals surface area contributed by atoms with E-state index < -0.39 is 11.8 Å². The molecule has 0 aliphatic carbocycles. The van der Waals surface area contributed by atoms with Gasteiger partial charge in [-0.25, -0.2) is 0 Å². The van der Waals surface area contributed by atoms with Crippen LogP contribution >= 0.6 is 0 Å². The Hall–Kier alpha value is -4.40. The van der Waals surface area contributed by atoms with Crippen LogP contribution < -0.4 is 5.32 Å². The van der Waals surface area contributed by atoms with Gasteiger partial charge in [0.15, 0.2) is 0 Å². The molecule has 5 aromatic rings. The van der Waals surface area contributed by atoms with Gasteiger partial charge in [0.05, 0.1) is 26.4 Å². The summed E-state index contributed by atoms with van der Waals surface area (Å²) in [5.74, 6) is -1.62. The van der Waals surface area contributed by atoms with E-state index in [0.717, 1.165) is 32.3 Å². The topological polar surface area (TPSA) is 113 Å². The zero-order valence-corrected chi connectivity index (χ0v) is 18.9. The SMILES string of the molecule is O=C1NC(=O)c2ccc3c4ccc5c6c(ccc(c7ccc1c2c73)c64)C(=O)N(CCOCCO)C5=O. The number of carbonyl (C=O) groups excluding carboxylic acids is 4. The van der Waals surface area contributed by atoms with Crippen molar-refractivity contribution < 1.29 is 29.0 Å². The minimum atomic E-state index is -0.425. The standard InChI is InChI=1S/C28H18N2O6/c31-10-12-36-11-9-30-27(34)19-7-3-15-13-1-5-17-23-18(26(33)29-25(17)32)6-2-14(21(13)23)16-4-8-20(28(30)35)24(19)22(15)16/h1-8,31H,9-12H2,(H,29,32,33). The number of imide groups is 2. The second-order valence-corrected chi connectivity index (χ2v) is 9.02. The monoisotopic (exact) mass is 478 g/mol. The summed E-state index contributed by atoms with van der Waals surface area (Å²) < 4.78 is 5.28. The normalized spacial score (nSPS) is 15.2. The first-order valence-corrected chi connectivity index (χ1v) is 11.6. The third kappa shape index (κ3) is 2.54. The average molecular weight is 478 g/mol. The number of nitrogens with one attached hydrogen (secondary N) is 1. The first-order chi connectivity index (χ1) is 17.5. The summed E-state index contributed by atoms with van der Waals surface area (Å²) in [5, 5.41) is 17.6. The van der Waals surface area contributed by atoms with Gasteiger partial charge in [0.2, 0.25) is 0 Å². The Kier molecular flexibility index (Phi) is 4.24. The third-order valence-corrected chi connectivity index (χ3v) is 7.26. The Balaban J connectivity index is 1.53. The average Bonchev–Trinajstić information content (AvgIpc) is 2.89. The van der Waals surface area contributed by atoms with Crippen LogP contribution in [0.1, 0.15) is 41.4 Å². The number of aliphatic hydroxyl groups is 1. The van der Waals surface area contributed by atoms with Gasteiger partial charge >= 0.3 is 0 Å². The molecule has 8 nitrogen and oxygen atoms in total. The van der Waals surface area contributed by atoms with E-state index in [2.05, 4.69) is 5.32 Å². The maximum Gasteiger partial charge on any atom is 0.261 e. The zero-order chi connectivity index (χ0) is 24.7. The molecule has 0 saturated carbocycles. The molecule has 0 unspecified atom stereocenters. The quantitative estimate of drug-likeness (QED) is 0.174. The summed E-state index contributed by atoms with van der Waals surface area (Å²) in [4.78, 5) is 53.1. The molecule has 0 radical (unpaired) electrons. The van der Waals surface area contributed by atoms with Crippen molar-refractivity contribution >= 4 is 66.7 Å². The van der Waals surface area contributed by atoms with Crippen molar-refractivity contribution in [1.29, 1.82) is 0 Å². The van der Waals surface area contributed by atoms with E-state index in [1.807, 2.05) is 24.3 Å². The van der Waals surface area contributed by atoms with Crippen molar-refractivity contribution in [3.8, 4) is 0 Å². The van der Waals surface area contributed by atoms with Crippen molar-refractivity contribution in [2.45, 2.75) is 0 Å². The predicted molar refractivity (Wildman–Crippen MR) is 133 cm³/mol. The molecule has 176 valence electrons. The van der Waals surface area contributed by atoms with Crippen LogP contribution in [0.5, 0.6) is 0 Å². The summed E-state index contributed by atoms with van der Waals surface area (Å²) in [7, 11) is 0. The first kappa shape index (κ1) is 20.9. The largest absolute Gasteiger partial charge is 0.394 e. The Labute approximate surface area is 203 Å².